The van der Waals surface area contributed by atoms with Crippen LogP contribution in [0.3, 0.4) is 0 Å². The molecule has 0 radical (unpaired) electrons. The Hall–Kier alpha value is -1.97. The molecular weight excluding hydrogens is 462 g/mol. The molecule has 0 aliphatic rings. The normalized spacial score (nSPS) is 13.9. The van der Waals surface area contributed by atoms with Gasteiger partial charge >= 0.3 is 0 Å². The van der Waals surface area contributed by atoms with E-state index in [9.17, 15) is 4.57 Å². The minimum absolute atomic E-state index is 0.390. The van der Waals surface area contributed by atoms with E-state index in [2.05, 4.69) is 12.2 Å². The highest BCUT2D eigenvalue weighted by Gasteiger charge is 2.39. The second-order valence-corrected chi connectivity index (χ2v) is 11.1. The lowest BCUT2D eigenvalue weighted by Crippen LogP contribution is -2.21. The SMILES string of the molecule is CCCCOP(=O)(c1ccc(N(C)C)cc1)C(Nc1ccccc1)c1ccc(Cl)cc1Cl. The maximum absolute atomic E-state index is 14.7. The molecule has 0 spiro atoms. The van der Waals surface area contributed by atoms with Crippen molar-refractivity contribution in [2.45, 2.75) is 25.5 Å². The van der Waals surface area contributed by atoms with Gasteiger partial charge in [-0.1, -0.05) is 60.8 Å². The fourth-order valence-corrected chi connectivity index (χ4v) is 6.43. The highest BCUT2D eigenvalue weighted by molar-refractivity contribution is 7.67. The molecule has 2 unspecified atom stereocenters. The molecule has 0 aliphatic heterocycles. The lowest BCUT2D eigenvalue weighted by molar-refractivity contribution is 0.308. The van der Waals surface area contributed by atoms with Gasteiger partial charge in [0.2, 0.25) is 0 Å². The van der Waals surface area contributed by atoms with E-state index in [0.29, 0.717) is 27.5 Å². The maximum atomic E-state index is 14.7. The van der Waals surface area contributed by atoms with Gasteiger partial charge in [0.25, 0.3) is 7.37 Å². The van der Waals surface area contributed by atoms with Gasteiger partial charge in [0, 0.05) is 46.4 Å². The number of para-hydroxylation sites is 1. The molecule has 32 heavy (non-hydrogen) atoms. The average molecular weight is 491 g/mol. The number of benzene rings is 3. The summed E-state index contributed by atoms with van der Waals surface area (Å²) in [5, 5.41) is 5.03. The number of hydrogen-bond donors (Lipinski definition) is 1. The Bertz CT molecular complexity index is 1060. The van der Waals surface area contributed by atoms with E-state index in [1.54, 1.807) is 12.1 Å². The van der Waals surface area contributed by atoms with Gasteiger partial charge in [0.05, 0.1) is 6.61 Å². The third-order valence-electron chi connectivity index (χ3n) is 5.18. The van der Waals surface area contributed by atoms with Crippen molar-refractivity contribution in [2.24, 2.45) is 0 Å². The Kier molecular flexibility index (Phi) is 8.67. The Morgan fingerprint density at radius 3 is 2.28 bits per heavy atom. The summed E-state index contributed by atoms with van der Waals surface area (Å²) >= 11 is 12.8. The average Bonchev–Trinajstić information content (AvgIpc) is 2.79. The minimum atomic E-state index is -3.45. The molecule has 0 aliphatic carbocycles. The van der Waals surface area contributed by atoms with Crippen molar-refractivity contribution < 1.29 is 9.09 Å². The molecule has 0 saturated carbocycles. The van der Waals surface area contributed by atoms with Gasteiger partial charge in [-0.05, 0) is 55.0 Å². The molecule has 0 bridgehead atoms. The van der Waals surface area contributed by atoms with Crippen LogP contribution in [0.5, 0.6) is 0 Å². The zero-order valence-corrected chi connectivity index (χ0v) is 21.0. The molecular formula is C25H29Cl2N2O2P. The lowest BCUT2D eigenvalue weighted by Gasteiger charge is -2.31. The Morgan fingerprint density at radius 1 is 1.00 bits per heavy atom. The van der Waals surface area contributed by atoms with Crippen LogP contribution in [0, 0.1) is 0 Å². The van der Waals surface area contributed by atoms with Crippen LogP contribution in [0.4, 0.5) is 11.4 Å². The fourth-order valence-electron chi connectivity index (χ4n) is 3.36. The van der Waals surface area contributed by atoms with Crippen LogP contribution in [0.25, 0.3) is 0 Å². The van der Waals surface area contributed by atoms with Crippen molar-refractivity contribution in [1.29, 1.82) is 0 Å². The van der Waals surface area contributed by atoms with Gasteiger partial charge in [-0.3, -0.25) is 4.57 Å². The molecule has 0 amide bonds. The maximum Gasteiger partial charge on any atom is 0.258 e. The molecule has 0 heterocycles. The Morgan fingerprint density at radius 2 is 1.69 bits per heavy atom. The predicted octanol–water partition coefficient (Wildman–Crippen LogP) is 7.59. The van der Waals surface area contributed by atoms with Gasteiger partial charge < -0.3 is 14.7 Å². The minimum Gasteiger partial charge on any atom is -0.378 e. The van der Waals surface area contributed by atoms with Gasteiger partial charge in [-0.2, -0.15) is 0 Å². The van der Waals surface area contributed by atoms with E-state index in [1.165, 1.54) is 0 Å². The number of unbranched alkanes of at least 4 members (excludes halogenated alkanes) is 1. The first kappa shape index (κ1) is 24.7. The first-order valence-electron chi connectivity index (χ1n) is 10.6. The summed E-state index contributed by atoms with van der Waals surface area (Å²) in [5.74, 6) is -0.684. The van der Waals surface area contributed by atoms with Crippen molar-refractivity contribution in [3.8, 4) is 0 Å². The van der Waals surface area contributed by atoms with Crippen LogP contribution in [0.1, 0.15) is 31.1 Å². The highest BCUT2D eigenvalue weighted by Crippen LogP contribution is 2.60. The molecule has 7 heteroatoms. The fraction of sp³-hybridized carbons (Fsp3) is 0.280. The van der Waals surface area contributed by atoms with E-state index in [4.69, 9.17) is 27.7 Å². The molecule has 4 nitrogen and oxygen atoms in total. The van der Waals surface area contributed by atoms with Crippen molar-refractivity contribution in [2.75, 3.05) is 30.9 Å². The number of rotatable bonds is 10. The van der Waals surface area contributed by atoms with Crippen molar-refractivity contribution in [3.05, 3.63) is 88.4 Å². The monoisotopic (exact) mass is 490 g/mol. The first-order chi connectivity index (χ1) is 15.3. The smallest absolute Gasteiger partial charge is 0.258 e. The van der Waals surface area contributed by atoms with E-state index in [0.717, 1.165) is 24.2 Å². The number of nitrogens with zero attached hydrogens (tertiary/aromatic N) is 1. The van der Waals surface area contributed by atoms with Crippen molar-refractivity contribution >= 4 is 47.3 Å². The molecule has 1 N–H and O–H groups in total. The summed E-state index contributed by atoms with van der Waals surface area (Å²) < 4.78 is 20.9. The number of hydrogen-bond acceptors (Lipinski definition) is 4. The number of nitrogens with one attached hydrogen (secondary N) is 1. The van der Waals surface area contributed by atoms with Crippen LogP contribution in [0.2, 0.25) is 10.0 Å². The molecule has 0 aromatic heterocycles. The van der Waals surface area contributed by atoms with E-state index in [1.807, 2.05) is 79.7 Å². The number of halogens is 2. The van der Waals surface area contributed by atoms with E-state index < -0.39 is 13.2 Å². The summed E-state index contributed by atoms with van der Waals surface area (Å²) in [5.41, 5.74) is 2.52. The Balaban J connectivity index is 2.14. The van der Waals surface area contributed by atoms with Crippen LogP contribution in [0.15, 0.2) is 72.8 Å². The van der Waals surface area contributed by atoms with Crippen LogP contribution < -0.4 is 15.5 Å². The predicted molar refractivity (Wildman–Crippen MR) is 138 cm³/mol. The quantitative estimate of drug-likeness (QED) is 0.234. The van der Waals surface area contributed by atoms with Gasteiger partial charge in [0.15, 0.2) is 0 Å². The van der Waals surface area contributed by atoms with Crippen LogP contribution >= 0.6 is 30.6 Å². The number of anilines is 2. The van der Waals surface area contributed by atoms with E-state index in [-0.39, 0.29) is 0 Å². The topological polar surface area (TPSA) is 41.6 Å². The second-order valence-electron chi connectivity index (χ2n) is 7.77. The highest BCUT2D eigenvalue weighted by atomic mass is 35.5. The zero-order chi connectivity index (χ0) is 23.1. The van der Waals surface area contributed by atoms with Gasteiger partial charge in [-0.25, -0.2) is 0 Å². The molecule has 0 saturated heterocycles. The lowest BCUT2D eigenvalue weighted by atomic mass is 10.2. The van der Waals surface area contributed by atoms with Gasteiger partial charge in [-0.15, -0.1) is 0 Å². The second kappa shape index (κ2) is 11.2. The summed E-state index contributed by atoms with van der Waals surface area (Å²) in [6.45, 7) is 2.47. The van der Waals surface area contributed by atoms with Crippen LogP contribution in [-0.2, 0) is 9.09 Å². The largest absolute Gasteiger partial charge is 0.378 e. The Labute approximate surface area is 201 Å². The molecule has 170 valence electrons. The molecule has 3 aromatic carbocycles. The third-order valence-corrected chi connectivity index (χ3v) is 8.41. The molecule has 2 atom stereocenters. The van der Waals surface area contributed by atoms with Crippen LogP contribution in [-0.4, -0.2) is 20.7 Å². The molecule has 3 aromatic rings. The van der Waals surface area contributed by atoms with Crippen molar-refractivity contribution in [1.82, 2.24) is 0 Å². The third kappa shape index (κ3) is 5.88. The summed E-state index contributed by atoms with van der Waals surface area (Å²) in [6.07, 6.45) is 1.75. The molecule has 0 fully saturated rings. The van der Waals surface area contributed by atoms with Crippen molar-refractivity contribution in [3.63, 3.8) is 0 Å². The standard InChI is InChI=1S/C25H29Cl2N2O2P/c1-4-5-17-31-32(30,22-14-12-21(13-15-22)29(2)3)25(28-20-9-7-6-8-10-20)23-16-11-19(26)18-24(23)27/h6-16,18,25,28H,4-5,17H2,1-3H3. The first-order valence-corrected chi connectivity index (χ1v) is 13.1. The summed E-state index contributed by atoms with van der Waals surface area (Å²) in [4.78, 5) is 2.00. The summed E-state index contributed by atoms with van der Waals surface area (Å²) in [6, 6.07) is 22.6. The summed E-state index contributed by atoms with van der Waals surface area (Å²) in [7, 11) is 0.495. The zero-order valence-electron chi connectivity index (χ0n) is 18.6. The molecule has 3 rings (SSSR count). The van der Waals surface area contributed by atoms with Gasteiger partial charge in [0.1, 0.15) is 5.78 Å². The van der Waals surface area contributed by atoms with E-state index >= 15 is 0 Å².